The van der Waals surface area contributed by atoms with Crippen molar-refractivity contribution in [2.24, 2.45) is 5.16 Å². The summed E-state index contributed by atoms with van der Waals surface area (Å²) in [5.41, 5.74) is -1.24. The van der Waals surface area contributed by atoms with Gasteiger partial charge in [-0.25, -0.2) is 4.98 Å². The number of nitrogens with zero attached hydrogens (tertiary/aromatic N) is 3. The topological polar surface area (TPSA) is 142 Å². The third kappa shape index (κ3) is 3.61. The maximum atomic E-state index is 12.3. The fourth-order valence-corrected chi connectivity index (χ4v) is 2.74. The van der Waals surface area contributed by atoms with Crippen LogP contribution < -0.4 is 5.56 Å². The molecule has 27 heavy (non-hydrogen) atoms. The number of hydrogen-bond acceptors (Lipinski definition) is 7. The molecule has 0 fully saturated rings. The molecule has 0 saturated carbocycles. The number of aromatic amines is 1. The number of oxime groups is 1. The lowest BCUT2D eigenvalue weighted by molar-refractivity contribution is -0.384. The number of rotatable bonds is 4. The lowest BCUT2D eigenvalue weighted by Gasteiger charge is -2.13. The Balaban J connectivity index is 2.09. The molecule has 9 nitrogen and oxygen atoms in total. The first-order valence-electron chi connectivity index (χ1n) is 7.35. The van der Waals surface area contributed by atoms with E-state index in [9.17, 15) is 25.2 Å². The molecular formula is C16H10Cl2N4O5. The molecule has 1 aromatic heterocycles. The summed E-state index contributed by atoms with van der Waals surface area (Å²) in [6, 6.07) is 7.93. The summed E-state index contributed by atoms with van der Waals surface area (Å²) < 4.78 is 0. The number of nitro benzene ring substituents is 1. The van der Waals surface area contributed by atoms with Crippen LogP contribution in [0.1, 0.15) is 17.4 Å². The van der Waals surface area contributed by atoms with Crippen molar-refractivity contribution in [1.82, 2.24) is 9.97 Å². The molecule has 0 radical (unpaired) electrons. The van der Waals surface area contributed by atoms with Gasteiger partial charge >= 0.3 is 0 Å². The van der Waals surface area contributed by atoms with Crippen molar-refractivity contribution in [3.63, 3.8) is 0 Å². The monoisotopic (exact) mass is 408 g/mol. The first-order valence-corrected chi connectivity index (χ1v) is 8.11. The predicted molar refractivity (Wildman–Crippen MR) is 98.8 cm³/mol. The van der Waals surface area contributed by atoms with Crippen molar-refractivity contribution < 1.29 is 15.2 Å². The van der Waals surface area contributed by atoms with E-state index in [1.54, 1.807) is 0 Å². The number of aliphatic hydroxyl groups is 1. The highest BCUT2D eigenvalue weighted by atomic mass is 35.5. The maximum absolute atomic E-state index is 12.3. The third-order valence-corrected chi connectivity index (χ3v) is 4.49. The van der Waals surface area contributed by atoms with Gasteiger partial charge in [-0.3, -0.25) is 14.9 Å². The Morgan fingerprint density at radius 2 is 1.96 bits per heavy atom. The summed E-state index contributed by atoms with van der Waals surface area (Å²) >= 11 is 11.8. The van der Waals surface area contributed by atoms with Crippen LogP contribution in [-0.2, 0) is 0 Å². The highest BCUT2D eigenvalue weighted by molar-refractivity contribution is 6.42. The summed E-state index contributed by atoms with van der Waals surface area (Å²) in [6.07, 6.45) is -1.52. The molecule has 0 aliphatic heterocycles. The van der Waals surface area contributed by atoms with Gasteiger partial charge in [0.15, 0.2) is 5.69 Å². The number of fused-ring (bicyclic) bond motifs is 1. The van der Waals surface area contributed by atoms with E-state index in [1.807, 2.05) is 0 Å². The Hall–Kier alpha value is -3.01. The molecule has 0 aliphatic carbocycles. The molecule has 11 heteroatoms. The number of aliphatic hydroxyl groups excluding tert-OH is 1. The van der Waals surface area contributed by atoms with E-state index < -0.39 is 22.3 Å². The zero-order valence-electron chi connectivity index (χ0n) is 13.3. The largest absolute Gasteiger partial charge is 0.410 e. The number of halogens is 2. The normalized spacial score (nSPS) is 12.9. The SMILES string of the molecule is O=c1[nH]c2cc([N+](=O)[O-])ccc2nc1C(=NO)C(O)c1ccc(Cl)c(Cl)c1. The minimum Gasteiger partial charge on any atom is -0.410 e. The van der Waals surface area contributed by atoms with Crippen LogP contribution in [0.2, 0.25) is 10.0 Å². The predicted octanol–water partition coefficient (Wildman–Crippen LogP) is 3.05. The van der Waals surface area contributed by atoms with E-state index in [2.05, 4.69) is 15.1 Å². The first kappa shape index (κ1) is 18.8. The van der Waals surface area contributed by atoms with Gasteiger partial charge in [-0.05, 0) is 23.8 Å². The zero-order chi connectivity index (χ0) is 19.7. The van der Waals surface area contributed by atoms with Crippen molar-refractivity contribution in [1.29, 1.82) is 0 Å². The summed E-state index contributed by atoms with van der Waals surface area (Å²) in [5.74, 6) is 0. The van der Waals surface area contributed by atoms with Crippen molar-refractivity contribution in [2.45, 2.75) is 6.10 Å². The first-order chi connectivity index (χ1) is 12.8. The molecule has 1 unspecified atom stereocenters. The van der Waals surface area contributed by atoms with Crippen molar-refractivity contribution in [3.8, 4) is 0 Å². The summed E-state index contributed by atoms with van der Waals surface area (Å²) in [6.45, 7) is 0. The van der Waals surface area contributed by atoms with Gasteiger partial charge in [0.25, 0.3) is 11.2 Å². The number of nitrogens with one attached hydrogen (secondary N) is 1. The molecule has 3 N–H and O–H groups in total. The number of H-pyrrole nitrogens is 1. The molecule has 3 rings (SSSR count). The molecule has 0 saturated heterocycles. The van der Waals surface area contributed by atoms with E-state index in [0.717, 1.165) is 6.07 Å². The molecule has 1 atom stereocenters. The smallest absolute Gasteiger partial charge is 0.276 e. The number of aromatic nitrogens is 2. The number of benzene rings is 2. The van der Waals surface area contributed by atoms with E-state index >= 15 is 0 Å². The number of hydrogen-bond donors (Lipinski definition) is 3. The van der Waals surface area contributed by atoms with Crippen LogP contribution in [0.4, 0.5) is 5.69 Å². The summed E-state index contributed by atoms with van der Waals surface area (Å²) in [5, 5.41) is 34.1. The Kier molecular flexibility index (Phi) is 5.08. The van der Waals surface area contributed by atoms with E-state index in [0.29, 0.717) is 0 Å². The van der Waals surface area contributed by atoms with Gasteiger partial charge in [-0.2, -0.15) is 0 Å². The van der Waals surface area contributed by atoms with Crippen molar-refractivity contribution in [3.05, 3.63) is 78.2 Å². The van der Waals surface area contributed by atoms with E-state index in [4.69, 9.17) is 23.2 Å². The van der Waals surface area contributed by atoms with Gasteiger partial charge in [-0.1, -0.05) is 34.4 Å². The highest BCUT2D eigenvalue weighted by Crippen LogP contribution is 2.27. The van der Waals surface area contributed by atoms with Crippen LogP contribution in [0.15, 0.2) is 46.3 Å². The summed E-state index contributed by atoms with van der Waals surface area (Å²) in [4.78, 5) is 29.0. The van der Waals surface area contributed by atoms with Crippen LogP contribution in [-0.4, -0.2) is 30.9 Å². The lowest BCUT2D eigenvalue weighted by Crippen LogP contribution is -2.25. The standard InChI is InChI=1S/C16H10Cl2N4O5/c17-9-3-1-7(5-10(9)18)15(23)13(21-25)14-16(24)20-12-6-8(22(26)27)2-4-11(12)19-14/h1-6,15,23,25H,(H,20,24). The zero-order valence-corrected chi connectivity index (χ0v) is 14.8. The maximum Gasteiger partial charge on any atom is 0.276 e. The highest BCUT2D eigenvalue weighted by Gasteiger charge is 2.24. The Labute approximate surface area is 160 Å². The minimum atomic E-state index is -1.52. The van der Waals surface area contributed by atoms with Gasteiger partial charge in [0, 0.05) is 12.1 Å². The van der Waals surface area contributed by atoms with Gasteiger partial charge in [0.05, 0.1) is 26.0 Å². The molecule has 1 heterocycles. The van der Waals surface area contributed by atoms with Gasteiger partial charge < -0.3 is 15.3 Å². The summed E-state index contributed by atoms with van der Waals surface area (Å²) in [7, 11) is 0. The molecule has 3 aromatic rings. The molecule has 138 valence electrons. The Morgan fingerprint density at radius 1 is 1.22 bits per heavy atom. The molecule has 0 aliphatic rings. The van der Waals surface area contributed by atoms with Crippen LogP contribution in [0.25, 0.3) is 11.0 Å². The number of nitro groups is 1. The van der Waals surface area contributed by atoms with Crippen LogP contribution >= 0.6 is 23.2 Å². The van der Waals surface area contributed by atoms with E-state index in [-0.39, 0.29) is 38.0 Å². The fourth-order valence-electron chi connectivity index (χ4n) is 2.43. The molecule has 0 spiro atoms. The minimum absolute atomic E-state index is 0.124. The second-order valence-electron chi connectivity index (χ2n) is 5.43. The van der Waals surface area contributed by atoms with Crippen molar-refractivity contribution >= 4 is 45.6 Å². The Morgan fingerprint density at radius 3 is 2.59 bits per heavy atom. The second kappa shape index (κ2) is 7.31. The second-order valence-corrected chi connectivity index (χ2v) is 6.25. The fraction of sp³-hybridized carbons (Fsp3) is 0.0625. The molecule has 0 amide bonds. The Bertz CT molecular complexity index is 1150. The third-order valence-electron chi connectivity index (χ3n) is 3.76. The molecule has 2 aromatic carbocycles. The number of non-ortho nitro benzene ring substituents is 1. The quantitative estimate of drug-likeness (QED) is 0.262. The van der Waals surface area contributed by atoms with Gasteiger partial charge in [0.2, 0.25) is 0 Å². The van der Waals surface area contributed by atoms with Crippen molar-refractivity contribution in [2.75, 3.05) is 0 Å². The average Bonchev–Trinajstić information content (AvgIpc) is 2.64. The lowest BCUT2D eigenvalue weighted by atomic mass is 10.0. The van der Waals surface area contributed by atoms with Crippen LogP contribution in [0.5, 0.6) is 0 Å². The van der Waals surface area contributed by atoms with Crippen LogP contribution in [0, 0.1) is 10.1 Å². The molecule has 0 bridgehead atoms. The average molecular weight is 409 g/mol. The van der Waals surface area contributed by atoms with Crippen LogP contribution in [0.3, 0.4) is 0 Å². The van der Waals surface area contributed by atoms with E-state index in [1.165, 1.54) is 30.3 Å². The van der Waals surface area contributed by atoms with Gasteiger partial charge in [-0.15, -0.1) is 0 Å². The van der Waals surface area contributed by atoms with Gasteiger partial charge in [0.1, 0.15) is 11.8 Å². The molecular weight excluding hydrogens is 399 g/mol.